The van der Waals surface area contributed by atoms with Gasteiger partial charge in [0.05, 0.1) is 9.35 Å². The SMILES string of the molecule is NC(=S)NNC(=O)c1ccsc1Br. The number of nitrogens with two attached hydrogens (primary N) is 1. The monoisotopic (exact) mass is 279 g/mol. The van der Waals surface area contributed by atoms with Gasteiger partial charge >= 0.3 is 0 Å². The zero-order chi connectivity index (χ0) is 9.84. The highest BCUT2D eigenvalue weighted by Crippen LogP contribution is 2.22. The van der Waals surface area contributed by atoms with Gasteiger partial charge in [0.1, 0.15) is 0 Å². The third-order valence-electron chi connectivity index (χ3n) is 1.16. The molecule has 0 aliphatic carbocycles. The van der Waals surface area contributed by atoms with Crippen molar-refractivity contribution in [1.82, 2.24) is 10.9 Å². The van der Waals surface area contributed by atoms with Crippen molar-refractivity contribution < 1.29 is 4.79 Å². The predicted octanol–water partition coefficient (Wildman–Crippen LogP) is 0.989. The molecule has 0 aromatic carbocycles. The van der Waals surface area contributed by atoms with Crippen LogP contribution in [0.4, 0.5) is 0 Å². The summed E-state index contributed by atoms with van der Waals surface area (Å²) in [4.78, 5) is 11.3. The van der Waals surface area contributed by atoms with Gasteiger partial charge in [-0.2, -0.15) is 0 Å². The van der Waals surface area contributed by atoms with E-state index < -0.39 is 0 Å². The van der Waals surface area contributed by atoms with E-state index in [1.165, 1.54) is 11.3 Å². The van der Waals surface area contributed by atoms with Crippen LogP contribution in [0.5, 0.6) is 0 Å². The summed E-state index contributed by atoms with van der Waals surface area (Å²) < 4.78 is 0.773. The lowest BCUT2D eigenvalue weighted by atomic mass is 10.3. The number of rotatable bonds is 1. The Bertz CT molecular complexity index is 338. The number of carbonyl (C=O) groups is 1. The summed E-state index contributed by atoms with van der Waals surface area (Å²) >= 11 is 9.19. The van der Waals surface area contributed by atoms with Gasteiger partial charge in [0, 0.05) is 0 Å². The lowest BCUT2D eigenvalue weighted by Gasteiger charge is -2.04. The van der Waals surface area contributed by atoms with Gasteiger partial charge in [0.2, 0.25) is 0 Å². The van der Waals surface area contributed by atoms with Crippen molar-refractivity contribution in [3.63, 3.8) is 0 Å². The average Bonchev–Trinajstić information content (AvgIpc) is 2.47. The van der Waals surface area contributed by atoms with Crippen molar-refractivity contribution >= 4 is 50.5 Å². The molecule has 1 aromatic heterocycles. The molecule has 0 aliphatic rings. The van der Waals surface area contributed by atoms with Gasteiger partial charge < -0.3 is 5.73 Å². The minimum atomic E-state index is -0.277. The molecule has 1 heterocycles. The third-order valence-corrected chi connectivity index (χ3v) is 2.95. The number of hydrazine groups is 1. The highest BCUT2D eigenvalue weighted by atomic mass is 79.9. The lowest BCUT2D eigenvalue weighted by Crippen LogP contribution is -2.44. The topological polar surface area (TPSA) is 67.2 Å². The summed E-state index contributed by atoms with van der Waals surface area (Å²) in [6.45, 7) is 0. The van der Waals surface area contributed by atoms with E-state index in [9.17, 15) is 4.79 Å². The number of thiocarbonyl (C=S) groups is 1. The molecule has 0 aliphatic heterocycles. The second-order valence-corrected chi connectivity index (χ2v) is 4.73. The van der Waals surface area contributed by atoms with Gasteiger partial charge in [-0.15, -0.1) is 11.3 Å². The average molecular weight is 280 g/mol. The van der Waals surface area contributed by atoms with Gasteiger partial charge in [-0.1, -0.05) is 0 Å². The maximum atomic E-state index is 11.3. The summed E-state index contributed by atoms with van der Waals surface area (Å²) in [6.07, 6.45) is 0. The largest absolute Gasteiger partial charge is 0.375 e. The van der Waals surface area contributed by atoms with Crippen molar-refractivity contribution in [1.29, 1.82) is 0 Å². The molecule has 1 amide bonds. The summed E-state index contributed by atoms with van der Waals surface area (Å²) in [5.74, 6) is -0.277. The van der Waals surface area contributed by atoms with Gasteiger partial charge in [-0.3, -0.25) is 15.6 Å². The Labute approximate surface area is 92.6 Å². The molecule has 1 rings (SSSR count). The van der Waals surface area contributed by atoms with Crippen LogP contribution in [0.1, 0.15) is 10.4 Å². The molecule has 4 N–H and O–H groups in total. The van der Waals surface area contributed by atoms with Crippen molar-refractivity contribution in [2.24, 2.45) is 5.73 Å². The van der Waals surface area contributed by atoms with Crippen LogP contribution in [0.15, 0.2) is 15.2 Å². The Kier molecular flexibility index (Phi) is 3.64. The lowest BCUT2D eigenvalue weighted by molar-refractivity contribution is 0.0944. The van der Waals surface area contributed by atoms with Gasteiger partial charge in [0.25, 0.3) is 5.91 Å². The van der Waals surface area contributed by atoms with E-state index in [0.29, 0.717) is 5.56 Å². The molecular formula is C6H6BrN3OS2. The molecule has 4 nitrogen and oxygen atoms in total. The molecule has 0 spiro atoms. The fourth-order valence-corrected chi connectivity index (χ4v) is 1.94. The zero-order valence-electron chi connectivity index (χ0n) is 6.33. The Morgan fingerprint density at radius 1 is 1.62 bits per heavy atom. The molecule has 0 unspecified atom stereocenters. The highest BCUT2D eigenvalue weighted by Gasteiger charge is 2.09. The Morgan fingerprint density at radius 3 is 2.77 bits per heavy atom. The summed E-state index contributed by atoms with van der Waals surface area (Å²) in [5, 5.41) is 1.83. The van der Waals surface area contributed by atoms with Crippen LogP contribution in [-0.4, -0.2) is 11.0 Å². The van der Waals surface area contributed by atoms with E-state index in [-0.39, 0.29) is 11.0 Å². The van der Waals surface area contributed by atoms with Crippen LogP contribution < -0.4 is 16.6 Å². The fraction of sp³-hybridized carbons (Fsp3) is 0. The van der Waals surface area contributed by atoms with E-state index in [2.05, 4.69) is 39.0 Å². The molecule has 0 fully saturated rings. The van der Waals surface area contributed by atoms with Crippen LogP contribution in [0.2, 0.25) is 0 Å². The predicted molar refractivity (Wildman–Crippen MR) is 59.4 cm³/mol. The van der Waals surface area contributed by atoms with Gasteiger partial charge in [-0.05, 0) is 39.6 Å². The fourth-order valence-electron chi connectivity index (χ4n) is 0.641. The van der Waals surface area contributed by atoms with Crippen LogP contribution in [-0.2, 0) is 0 Å². The summed E-state index contributed by atoms with van der Waals surface area (Å²) in [7, 11) is 0. The van der Waals surface area contributed by atoms with Crippen molar-refractivity contribution in [2.45, 2.75) is 0 Å². The van der Waals surface area contributed by atoms with Gasteiger partial charge in [0.15, 0.2) is 5.11 Å². The minimum Gasteiger partial charge on any atom is -0.375 e. The molecule has 13 heavy (non-hydrogen) atoms. The normalized spacial score (nSPS) is 9.31. The van der Waals surface area contributed by atoms with Crippen molar-refractivity contribution in [2.75, 3.05) is 0 Å². The van der Waals surface area contributed by atoms with E-state index >= 15 is 0 Å². The zero-order valence-corrected chi connectivity index (χ0v) is 9.55. The second kappa shape index (κ2) is 4.54. The van der Waals surface area contributed by atoms with E-state index in [0.717, 1.165) is 3.79 Å². The van der Waals surface area contributed by atoms with Crippen LogP contribution in [0.3, 0.4) is 0 Å². The molecule has 0 radical (unpaired) electrons. The number of hydrogen-bond acceptors (Lipinski definition) is 3. The van der Waals surface area contributed by atoms with Crippen molar-refractivity contribution in [3.05, 3.63) is 20.8 Å². The Balaban J connectivity index is 2.59. The molecule has 0 bridgehead atoms. The molecule has 0 saturated heterocycles. The summed E-state index contributed by atoms with van der Waals surface area (Å²) in [6, 6.07) is 1.70. The van der Waals surface area contributed by atoms with Crippen LogP contribution in [0.25, 0.3) is 0 Å². The smallest absolute Gasteiger partial charge is 0.271 e. The standard InChI is InChI=1S/C6H6BrN3OS2/c7-4-3(1-2-13-4)5(11)9-10-6(8)12/h1-2H,(H,9,11)(H3,8,10,12). The summed E-state index contributed by atoms with van der Waals surface area (Å²) in [5.41, 5.74) is 10.4. The van der Waals surface area contributed by atoms with Crippen LogP contribution >= 0.6 is 39.5 Å². The molecular weight excluding hydrogens is 274 g/mol. The first kappa shape index (κ1) is 10.4. The highest BCUT2D eigenvalue weighted by molar-refractivity contribution is 9.11. The second-order valence-electron chi connectivity index (χ2n) is 2.05. The first-order chi connectivity index (χ1) is 6.11. The first-order valence-corrected chi connectivity index (χ1v) is 5.28. The molecule has 7 heteroatoms. The molecule has 1 aromatic rings. The van der Waals surface area contributed by atoms with Gasteiger partial charge in [-0.25, -0.2) is 0 Å². The maximum Gasteiger partial charge on any atom is 0.271 e. The van der Waals surface area contributed by atoms with E-state index in [4.69, 9.17) is 5.73 Å². The maximum absolute atomic E-state index is 11.3. The third kappa shape index (κ3) is 2.94. The molecule has 0 saturated carbocycles. The quantitative estimate of drug-likeness (QED) is 0.530. The van der Waals surface area contributed by atoms with Crippen molar-refractivity contribution in [3.8, 4) is 0 Å². The number of thiophene rings is 1. The minimum absolute atomic E-state index is 0.0275. The number of nitrogens with one attached hydrogen (secondary N) is 2. The van der Waals surface area contributed by atoms with E-state index in [1.807, 2.05) is 0 Å². The number of amides is 1. The Hall–Kier alpha value is -0.660. The van der Waals surface area contributed by atoms with E-state index in [1.54, 1.807) is 11.4 Å². The number of hydrogen-bond donors (Lipinski definition) is 3. The van der Waals surface area contributed by atoms with Crippen LogP contribution in [0, 0.1) is 0 Å². The molecule has 0 atom stereocenters. The first-order valence-electron chi connectivity index (χ1n) is 3.20. The molecule has 70 valence electrons. The number of carbonyl (C=O) groups excluding carboxylic acids is 1. The Morgan fingerprint density at radius 2 is 2.31 bits per heavy atom. The number of halogens is 1.